The monoisotopic (exact) mass is 190 g/mol. The first kappa shape index (κ1) is 10.6. The van der Waals surface area contributed by atoms with Crippen LogP contribution in [0.2, 0.25) is 0 Å². The lowest BCUT2D eigenvalue weighted by Gasteiger charge is -2.05. The zero-order valence-corrected chi connectivity index (χ0v) is 8.07. The van der Waals surface area contributed by atoms with E-state index in [1.807, 2.05) is 24.3 Å². The summed E-state index contributed by atoms with van der Waals surface area (Å²) in [5, 5.41) is 8.32. The van der Waals surface area contributed by atoms with Gasteiger partial charge < -0.3 is 10.5 Å². The topological polar surface area (TPSA) is 59.0 Å². The molecular formula is C11H14N2O. The van der Waals surface area contributed by atoms with Gasteiger partial charge in [0.05, 0.1) is 12.7 Å². The fraction of sp³-hybridized carbons (Fsp3) is 0.364. The molecule has 0 heterocycles. The van der Waals surface area contributed by atoms with Gasteiger partial charge in [0.15, 0.2) is 0 Å². The predicted molar refractivity (Wildman–Crippen MR) is 54.7 cm³/mol. The van der Waals surface area contributed by atoms with Crippen molar-refractivity contribution in [2.75, 3.05) is 6.61 Å². The largest absolute Gasteiger partial charge is 0.494 e. The van der Waals surface area contributed by atoms with Gasteiger partial charge in [0.25, 0.3) is 0 Å². The third-order valence-corrected chi connectivity index (χ3v) is 1.84. The van der Waals surface area contributed by atoms with Crippen LogP contribution in [0.5, 0.6) is 5.75 Å². The van der Waals surface area contributed by atoms with Crippen molar-refractivity contribution in [1.82, 2.24) is 0 Å². The third kappa shape index (κ3) is 3.46. The minimum Gasteiger partial charge on any atom is -0.494 e. The van der Waals surface area contributed by atoms with Crippen molar-refractivity contribution in [1.29, 1.82) is 5.26 Å². The van der Waals surface area contributed by atoms with Crippen molar-refractivity contribution in [3.05, 3.63) is 29.8 Å². The molecule has 0 aliphatic rings. The third-order valence-electron chi connectivity index (χ3n) is 1.84. The van der Waals surface area contributed by atoms with Gasteiger partial charge in [-0.25, -0.2) is 0 Å². The van der Waals surface area contributed by atoms with Crippen LogP contribution in [0.1, 0.15) is 18.4 Å². The Labute approximate surface area is 84.1 Å². The molecular weight excluding hydrogens is 176 g/mol. The zero-order valence-electron chi connectivity index (χ0n) is 8.07. The number of hydrogen-bond donors (Lipinski definition) is 1. The molecule has 14 heavy (non-hydrogen) atoms. The molecule has 1 aromatic rings. The summed E-state index contributed by atoms with van der Waals surface area (Å²) in [4.78, 5) is 0. The average Bonchev–Trinajstić information content (AvgIpc) is 2.25. The van der Waals surface area contributed by atoms with E-state index >= 15 is 0 Å². The maximum absolute atomic E-state index is 8.32. The van der Waals surface area contributed by atoms with Gasteiger partial charge in [-0.05, 0) is 24.1 Å². The van der Waals surface area contributed by atoms with E-state index in [1.165, 1.54) is 0 Å². The minimum absolute atomic E-state index is 0.523. The molecule has 3 nitrogen and oxygen atoms in total. The normalized spacial score (nSPS) is 9.43. The van der Waals surface area contributed by atoms with Crippen LogP contribution in [0.25, 0.3) is 0 Å². The van der Waals surface area contributed by atoms with Crippen molar-refractivity contribution < 1.29 is 4.74 Å². The predicted octanol–water partition coefficient (Wildman–Crippen LogP) is 1.83. The van der Waals surface area contributed by atoms with Gasteiger partial charge in [0.2, 0.25) is 0 Å². The number of benzene rings is 1. The molecule has 0 aliphatic carbocycles. The molecule has 1 aromatic carbocycles. The molecule has 2 N–H and O–H groups in total. The van der Waals surface area contributed by atoms with E-state index in [0.29, 0.717) is 19.6 Å². The number of nitrogens with zero attached hydrogens (tertiary/aromatic N) is 1. The van der Waals surface area contributed by atoms with E-state index in [9.17, 15) is 0 Å². The molecule has 0 radical (unpaired) electrons. The van der Waals surface area contributed by atoms with Gasteiger partial charge in [-0.3, -0.25) is 0 Å². The summed E-state index contributed by atoms with van der Waals surface area (Å²) in [6, 6.07) is 9.77. The van der Waals surface area contributed by atoms with Crippen molar-refractivity contribution >= 4 is 0 Å². The molecule has 0 aromatic heterocycles. The lowest BCUT2D eigenvalue weighted by molar-refractivity contribution is 0.312. The van der Waals surface area contributed by atoms with Crippen LogP contribution in [-0.4, -0.2) is 6.61 Å². The van der Waals surface area contributed by atoms with Crippen LogP contribution in [-0.2, 0) is 6.54 Å². The molecule has 0 unspecified atom stereocenters. The molecule has 1 rings (SSSR count). The highest BCUT2D eigenvalue weighted by molar-refractivity contribution is 5.28. The molecule has 0 amide bonds. The Hall–Kier alpha value is -1.53. The molecule has 74 valence electrons. The van der Waals surface area contributed by atoms with E-state index in [1.54, 1.807) is 0 Å². The number of hydrogen-bond acceptors (Lipinski definition) is 3. The molecule has 0 aliphatic heterocycles. The smallest absolute Gasteiger partial charge is 0.119 e. The van der Waals surface area contributed by atoms with E-state index in [4.69, 9.17) is 15.7 Å². The fourth-order valence-corrected chi connectivity index (χ4v) is 1.10. The Balaban J connectivity index is 2.39. The molecule has 0 bridgehead atoms. The van der Waals surface area contributed by atoms with Crippen molar-refractivity contribution in [2.45, 2.75) is 19.4 Å². The Kier molecular flexibility index (Phi) is 4.53. The maximum Gasteiger partial charge on any atom is 0.119 e. The van der Waals surface area contributed by atoms with Crippen LogP contribution < -0.4 is 10.5 Å². The Bertz CT molecular complexity index is 317. The van der Waals surface area contributed by atoms with Crippen molar-refractivity contribution in [2.24, 2.45) is 5.73 Å². The van der Waals surface area contributed by atoms with Crippen molar-refractivity contribution in [3.8, 4) is 11.8 Å². The van der Waals surface area contributed by atoms with Crippen LogP contribution in [0.15, 0.2) is 24.3 Å². The van der Waals surface area contributed by atoms with Crippen LogP contribution >= 0.6 is 0 Å². The van der Waals surface area contributed by atoms with Crippen LogP contribution in [0.3, 0.4) is 0 Å². The number of unbranched alkanes of at least 4 members (excludes halogenated alkanes) is 1. The molecule has 0 spiro atoms. The van der Waals surface area contributed by atoms with Crippen LogP contribution in [0.4, 0.5) is 0 Å². The fourth-order valence-electron chi connectivity index (χ4n) is 1.10. The first-order valence-electron chi connectivity index (χ1n) is 4.65. The Morgan fingerprint density at radius 2 is 2.29 bits per heavy atom. The number of ether oxygens (including phenoxy) is 1. The summed E-state index contributed by atoms with van der Waals surface area (Å²) in [7, 11) is 0. The van der Waals surface area contributed by atoms with Crippen molar-refractivity contribution in [3.63, 3.8) is 0 Å². The second kappa shape index (κ2) is 6.01. The highest BCUT2D eigenvalue weighted by Gasteiger charge is 1.94. The Morgan fingerprint density at radius 3 is 3.00 bits per heavy atom. The molecule has 3 heteroatoms. The lowest BCUT2D eigenvalue weighted by Crippen LogP contribution is -1.99. The summed E-state index contributed by atoms with van der Waals surface area (Å²) in [6.07, 6.45) is 1.31. The standard InChI is InChI=1S/C11H14N2O/c12-6-1-2-7-14-11-5-3-4-10(8-11)9-13/h3-5,8H,1-2,7,9,13H2. The maximum atomic E-state index is 8.32. The SMILES string of the molecule is N#CCCCOc1cccc(CN)c1. The second-order valence-corrected chi connectivity index (χ2v) is 2.96. The second-order valence-electron chi connectivity index (χ2n) is 2.96. The van der Waals surface area contributed by atoms with E-state index in [0.717, 1.165) is 17.7 Å². The van der Waals surface area contributed by atoms with Crippen LogP contribution in [0, 0.1) is 11.3 Å². The van der Waals surface area contributed by atoms with Gasteiger partial charge >= 0.3 is 0 Å². The lowest BCUT2D eigenvalue weighted by atomic mass is 10.2. The van der Waals surface area contributed by atoms with Gasteiger partial charge in [-0.2, -0.15) is 5.26 Å². The molecule has 0 saturated heterocycles. The zero-order chi connectivity index (χ0) is 10.2. The highest BCUT2D eigenvalue weighted by Crippen LogP contribution is 2.13. The molecule has 0 fully saturated rings. The summed E-state index contributed by atoms with van der Waals surface area (Å²) in [6.45, 7) is 1.11. The quantitative estimate of drug-likeness (QED) is 0.720. The van der Waals surface area contributed by atoms with Gasteiger partial charge in [0.1, 0.15) is 5.75 Å². The number of nitrogens with two attached hydrogens (primary N) is 1. The average molecular weight is 190 g/mol. The van der Waals surface area contributed by atoms with Gasteiger partial charge in [-0.1, -0.05) is 12.1 Å². The summed E-state index contributed by atoms with van der Waals surface area (Å²) in [5.41, 5.74) is 6.55. The van der Waals surface area contributed by atoms with E-state index < -0.39 is 0 Å². The number of nitriles is 1. The highest BCUT2D eigenvalue weighted by atomic mass is 16.5. The summed E-state index contributed by atoms with van der Waals surface area (Å²) < 4.78 is 5.44. The summed E-state index contributed by atoms with van der Waals surface area (Å²) in [5.74, 6) is 0.825. The molecule has 0 saturated carbocycles. The minimum atomic E-state index is 0.523. The summed E-state index contributed by atoms with van der Waals surface area (Å²) >= 11 is 0. The van der Waals surface area contributed by atoms with Gasteiger partial charge in [-0.15, -0.1) is 0 Å². The van der Waals surface area contributed by atoms with E-state index in [-0.39, 0.29) is 0 Å². The first-order valence-corrected chi connectivity index (χ1v) is 4.65. The first-order chi connectivity index (χ1) is 6.86. The van der Waals surface area contributed by atoms with Gasteiger partial charge in [0, 0.05) is 13.0 Å². The number of rotatable bonds is 5. The Morgan fingerprint density at radius 1 is 1.43 bits per heavy atom. The van der Waals surface area contributed by atoms with E-state index in [2.05, 4.69) is 6.07 Å². The molecule has 0 atom stereocenters.